The molecule has 1 fully saturated rings. The number of carbonyl (C=O) groups is 3. The third kappa shape index (κ3) is 4.88. The van der Waals surface area contributed by atoms with E-state index in [0.717, 1.165) is 16.7 Å². The molecule has 1 atom stereocenters. The quantitative estimate of drug-likeness (QED) is 0.352. The molecule has 0 aromatic heterocycles. The van der Waals surface area contributed by atoms with E-state index in [0.29, 0.717) is 17.8 Å². The summed E-state index contributed by atoms with van der Waals surface area (Å²) in [6, 6.07) is 34.2. The van der Waals surface area contributed by atoms with E-state index in [4.69, 9.17) is 0 Å². The second-order valence-electron chi connectivity index (χ2n) is 8.65. The number of imide groups is 1. The van der Waals surface area contributed by atoms with Gasteiger partial charge >= 0.3 is 6.03 Å². The predicted molar refractivity (Wildman–Crippen MR) is 138 cm³/mol. The molecular weight excluding hydrogens is 450 g/mol. The van der Waals surface area contributed by atoms with E-state index in [9.17, 15) is 14.4 Å². The summed E-state index contributed by atoms with van der Waals surface area (Å²) in [5.41, 5.74) is 3.71. The summed E-state index contributed by atoms with van der Waals surface area (Å²) < 4.78 is 0. The highest BCUT2D eigenvalue weighted by Crippen LogP contribution is 2.33. The van der Waals surface area contributed by atoms with Crippen LogP contribution in [0, 0.1) is 0 Å². The van der Waals surface area contributed by atoms with Crippen molar-refractivity contribution in [2.24, 2.45) is 0 Å². The average Bonchev–Trinajstić information content (AvgIpc) is 3.15. The molecule has 0 spiro atoms. The van der Waals surface area contributed by atoms with Gasteiger partial charge in [-0.15, -0.1) is 0 Å². The third-order valence-electron chi connectivity index (χ3n) is 6.19. The van der Waals surface area contributed by atoms with Crippen LogP contribution in [-0.4, -0.2) is 27.6 Å². The fourth-order valence-corrected chi connectivity index (χ4v) is 4.35. The number of hydrogen-bond donors (Lipinski definition) is 1. The summed E-state index contributed by atoms with van der Waals surface area (Å²) in [7, 11) is 0. The number of urea groups is 1. The first-order valence-electron chi connectivity index (χ1n) is 11.8. The van der Waals surface area contributed by atoms with Crippen molar-refractivity contribution in [3.8, 4) is 0 Å². The highest BCUT2D eigenvalue weighted by Gasteiger charge is 2.45. The number of amides is 4. The van der Waals surface area contributed by atoms with Crippen molar-refractivity contribution < 1.29 is 14.4 Å². The zero-order valence-corrected chi connectivity index (χ0v) is 19.6. The number of anilines is 1. The van der Waals surface area contributed by atoms with Crippen LogP contribution in [0.3, 0.4) is 0 Å². The van der Waals surface area contributed by atoms with Crippen LogP contribution in [-0.2, 0) is 17.9 Å². The van der Waals surface area contributed by atoms with Gasteiger partial charge in [0.05, 0.1) is 6.54 Å². The van der Waals surface area contributed by atoms with Gasteiger partial charge in [-0.25, -0.2) is 4.79 Å². The van der Waals surface area contributed by atoms with Gasteiger partial charge in [-0.2, -0.15) is 0 Å². The van der Waals surface area contributed by atoms with Crippen molar-refractivity contribution >= 4 is 23.5 Å². The van der Waals surface area contributed by atoms with Crippen LogP contribution in [0.2, 0.25) is 0 Å². The van der Waals surface area contributed by atoms with E-state index < -0.39 is 6.04 Å². The maximum Gasteiger partial charge on any atom is 0.328 e. The van der Waals surface area contributed by atoms with Gasteiger partial charge in [0.1, 0.15) is 6.04 Å². The summed E-state index contributed by atoms with van der Waals surface area (Å²) in [5.74, 6) is -0.479. The number of nitrogens with one attached hydrogen (secondary N) is 1. The SMILES string of the molecule is O=C(Nc1ccccc1)c1ccc(CN2C(=O)C(c3ccccc3)N(Cc3ccccc3)C2=O)cc1. The molecule has 1 unspecified atom stereocenters. The van der Waals surface area contributed by atoms with Crippen molar-refractivity contribution in [3.05, 3.63) is 138 Å². The monoisotopic (exact) mass is 475 g/mol. The zero-order valence-electron chi connectivity index (χ0n) is 19.6. The van der Waals surface area contributed by atoms with Gasteiger partial charge in [-0.05, 0) is 41.0 Å². The minimum atomic E-state index is -0.685. The van der Waals surface area contributed by atoms with Gasteiger partial charge < -0.3 is 10.2 Å². The highest BCUT2D eigenvalue weighted by atomic mass is 16.2. The molecule has 6 heteroatoms. The van der Waals surface area contributed by atoms with E-state index in [1.807, 2.05) is 91.0 Å². The van der Waals surface area contributed by atoms with Gasteiger partial charge in [0, 0.05) is 17.8 Å². The molecule has 1 heterocycles. The Morgan fingerprint density at radius 3 is 1.86 bits per heavy atom. The Bertz CT molecular complexity index is 1360. The second-order valence-corrected chi connectivity index (χ2v) is 8.65. The molecule has 4 aromatic carbocycles. The molecule has 5 rings (SSSR count). The molecule has 4 aromatic rings. The molecule has 1 saturated heterocycles. The number of benzene rings is 4. The van der Waals surface area contributed by atoms with E-state index in [2.05, 4.69) is 5.32 Å². The molecule has 36 heavy (non-hydrogen) atoms. The van der Waals surface area contributed by atoms with Gasteiger partial charge in [-0.1, -0.05) is 91.0 Å². The highest BCUT2D eigenvalue weighted by molar-refractivity contribution is 6.05. The molecule has 0 aliphatic carbocycles. The molecule has 0 bridgehead atoms. The van der Waals surface area contributed by atoms with Crippen molar-refractivity contribution in [1.29, 1.82) is 0 Å². The van der Waals surface area contributed by atoms with Gasteiger partial charge in [-0.3, -0.25) is 14.5 Å². The topological polar surface area (TPSA) is 69.7 Å². The zero-order chi connectivity index (χ0) is 24.9. The van der Waals surface area contributed by atoms with Crippen LogP contribution in [0.5, 0.6) is 0 Å². The van der Waals surface area contributed by atoms with E-state index in [1.54, 1.807) is 29.2 Å². The lowest BCUT2D eigenvalue weighted by Crippen LogP contribution is -2.32. The summed E-state index contributed by atoms with van der Waals surface area (Å²) in [6.45, 7) is 0.465. The minimum Gasteiger partial charge on any atom is -0.322 e. The second kappa shape index (κ2) is 10.3. The van der Waals surface area contributed by atoms with Crippen molar-refractivity contribution in [2.75, 3.05) is 5.32 Å². The molecule has 6 nitrogen and oxygen atoms in total. The lowest BCUT2D eigenvalue weighted by molar-refractivity contribution is -0.128. The predicted octanol–water partition coefficient (Wildman–Crippen LogP) is 5.64. The first kappa shape index (κ1) is 23.1. The van der Waals surface area contributed by atoms with Crippen molar-refractivity contribution in [2.45, 2.75) is 19.1 Å². The molecular formula is C30H25N3O3. The maximum atomic E-state index is 13.5. The maximum absolute atomic E-state index is 13.5. The van der Waals surface area contributed by atoms with Gasteiger partial charge in [0.25, 0.3) is 11.8 Å². The molecule has 0 saturated carbocycles. The van der Waals surface area contributed by atoms with Crippen LogP contribution in [0.25, 0.3) is 0 Å². The number of rotatable bonds is 7. The molecule has 4 amide bonds. The van der Waals surface area contributed by atoms with Gasteiger partial charge in [0.15, 0.2) is 0 Å². The Morgan fingerprint density at radius 1 is 0.667 bits per heavy atom. The first-order valence-corrected chi connectivity index (χ1v) is 11.8. The normalized spacial score (nSPS) is 15.3. The summed E-state index contributed by atoms with van der Waals surface area (Å²) >= 11 is 0. The van der Waals surface area contributed by atoms with Crippen molar-refractivity contribution in [3.63, 3.8) is 0 Å². The first-order chi connectivity index (χ1) is 17.6. The Hall–Kier alpha value is -4.71. The minimum absolute atomic E-state index is 0.132. The van der Waals surface area contributed by atoms with Crippen LogP contribution in [0.1, 0.15) is 33.1 Å². The standard InChI is InChI=1S/C30H25N3O3/c34-28(31-26-14-8-3-9-15-26)25-18-16-23(17-19-25)21-33-29(35)27(24-12-6-2-7-13-24)32(30(33)36)20-22-10-4-1-5-11-22/h1-19,27H,20-21H2,(H,31,34). The van der Waals surface area contributed by atoms with Crippen molar-refractivity contribution in [1.82, 2.24) is 9.80 Å². The Morgan fingerprint density at radius 2 is 1.22 bits per heavy atom. The average molecular weight is 476 g/mol. The van der Waals surface area contributed by atoms with E-state index in [1.165, 1.54) is 4.90 Å². The Balaban J connectivity index is 1.35. The smallest absolute Gasteiger partial charge is 0.322 e. The molecule has 1 aliphatic heterocycles. The summed E-state index contributed by atoms with van der Waals surface area (Å²) in [4.78, 5) is 42.4. The van der Waals surface area contributed by atoms with Crippen LogP contribution >= 0.6 is 0 Å². The van der Waals surface area contributed by atoms with Crippen LogP contribution in [0.4, 0.5) is 10.5 Å². The fraction of sp³-hybridized carbons (Fsp3) is 0.100. The number of carbonyl (C=O) groups excluding carboxylic acids is 3. The van der Waals surface area contributed by atoms with Crippen LogP contribution in [0.15, 0.2) is 115 Å². The Kier molecular flexibility index (Phi) is 6.58. The largest absolute Gasteiger partial charge is 0.328 e. The number of hydrogen-bond acceptors (Lipinski definition) is 3. The molecule has 178 valence electrons. The summed E-state index contributed by atoms with van der Waals surface area (Å²) in [5, 5.41) is 2.85. The number of para-hydroxylation sites is 1. The fourth-order valence-electron chi connectivity index (χ4n) is 4.35. The Labute approximate surface area is 209 Å². The summed E-state index contributed by atoms with van der Waals surface area (Å²) in [6.07, 6.45) is 0. The lowest BCUT2D eigenvalue weighted by Gasteiger charge is -2.22. The van der Waals surface area contributed by atoms with Crippen LogP contribution < -0.4 is 5.32 Å². The van der Waals surface area contributed by atoms with Gasteiger partial charge in [0.2, 0.25) is 0 Å². The molecule has 0 radical (unpaired) electrons. The molecule has 1 N–H and O–H groups in total. The third-order valence-corrected chi connectivity index (χ3v) is 6.19. The number of nitrogens with zero attached hydrogens (tertiary/aromatic N) is 2. The lowest BCUT2D eigenvalue weighted by atomic mass is 10.0. The molecule has 1 aliphatic rings. The van der Waals surface area contributed by atoms with E-state index >= 15 is 0 Å². The van der Waals surface area contributed by atoms with E-state index in [-0.39, 0.29) is 24.4 Å².